The highest BCUT2D eigenvalue weighted by Gasteiger charge is 2.28. The average Bonchev–Trinajstić information content (AvgIpc) is 2.45. The summed E-state index contributed by atoms with van der Waals surface area (Å²) >= 11 is 0. The third-order valence-electron chi connectivity index (χ3n) is 2.93. The molecular formula is C14H22N2O4S. The standard InChI is InChI=1S/C14H22N2O4S/c1-4-16(12-14(17)20-5-2)21(18,19)15(3)11-13-9-7-6-8-10-13/h6-10H,4-5,11-12H2,1-3H3. The molecule has 0 spiro atoms. The monoisotopic (exact) mass is 314 g/mol. The highest BCUT2D eigenvalue weighted by atomic mass is 32.2. The lowest BCUT2D eigenvalue weighted by molar-refractivity contribution is -0.143. The van der Waals surface area contributed by atoms with E-state index in [1.807, 2.05) is 30.3 Å². The molecule has 118 valence electrons. The summed E-state index contributed by atoms with van der Waals surface area (Å²) in [5.74, 6) is -0.545. The molecule has 0 unspecified atom stereocenters. The predicted octanol–water partition coefficient (Wildman–Crippen LogP) is 1.25. The number of nitrogens with zero attached hydrogens (tertiary/aromatic N) is 2. The Kier molecular flexibility index (Phi) is 6.80. The number of benzene rings is 1. The van der Waals surface area contributed by atoms with Crippen LogP contribution in [0.3, 0.4) is 0 Å². The van der Waals surface area contributed by atoms with Gasteiger partial charge in [-0.2, -0.15) is 17.0 Å². The number of rotatable bonds is 8. The van der Waals surface area contributed by atoms with Crippen molar-refractivity contribution < 1.29 is 17.9 Å². The van der Waals surface area contributed by atoms with Crippen molar-refractivity contribution in [1.82, 2.24) is 8.61 Å². The highest BCUT2D eigenvalue weighted by molar-refractivity contribution is 7.86. The van der Waals surface area contributed by atoms with E-state index < -0.39 is 16.2 Å². The number of carbonyl (C=O) groups is 1. The molecule has 1 aromatic carbocycles. The maximum absolute atomic E-state index is 12.4. The minimum atomic E-state index is -3.70. The average molecular weight is 314 g/mol. The molecule has 0 N–H and O–H groups in total. The van der Waals surface area contributed by atoms with Gasteiger partial charge in [0.15, 0.2) is 0 Å². The van der Waals surface area contributed by atoms with E-state index in [0.29, 0.717) is 0 Å². The van der Waals surface area contributed by atoms with E-state index in [1.165, 1.54) is 11.4 Å². The topological polar surface area (TPSA) is 66.9 Å². The molecule has 0 saturated heterocycles. The number of hydrogen-bond acceptors (Lipinski definition) is 4. The Morgan fingerprint density at radius 2 is 1.81 bits per heavy atom. The zero-order chi connectivity index (χ0) is 15.9. The van der Waals surface area contributed by atoms with E-state index in [2.05, 4.69) is 0 Å². The number of hydrogen-bond donors (Lipinski definition) is 0. The van der Waals surface area contributed by atoms with E-state index in [0.717, 1.165) is 9.87 Å². The molecule has 0 amide bonds. The fraction of sp³-hybridized carbons (Fsp3) is 0.500. The third kappa shape index (κ3) is 5.11. The van der Waals surface area contributed by atoms with Crippen LogP contribution in [0, 0.1) is 0 Å². The smallest absolute Gasteiger partial charge is 0.321 e. The maximum atomic E-state index is 12.4. The number of esters is 1. The van der Waals surface area contributed by atoms with Gasteiger partial charge in [0, 0.05) is 20.1 Å². The Bertz CT molecular complexity index is 545. The maximum Gasteiger partial charge on any atom is 0.321 e. The van der Waals surface area contributed by atoms with Crippen molar-refractivity contribution in [2.45, 2.75) is 20.4 Å². The van der Waals surface area contributed by atoms with Crippen molar-refractivity contribution in [3.63, 3.8) is 0 Å². The van der Waals surface area contributed by atoms with Crippen LogP contribution in [0.5, 0.6) is 0 Å². The number of likely N-dealkylation sites (N-methyl/N-ethyl adjacent to an activating group) is 1. The molecule has 0 aliphatic rings. The van der Waals surface area contributed by atoms with Crippen LogP contribution in [0.15, 0.2) is 30.3 Å². The number of carbonyl (C=O) groups excluding carboxylic acids is 1. The molecule has 0 aromatic heterocycles. The molecule has 0 saturated carbocycles. The van der Waals surface area contributed by atoms with Gasteiger partial charge in [-0.25, -0.2) is 0 Å². The molecular weight excluding hydrogens is 292 g/mol. The zero-order valence-corrected chi connectivity index (χ0v) is 13.5. The van der Waals surface area contributed by atoms with Crippen LogP contribution in [-0.4, -0.2) is 49.7 Å². The number of ether oxygens (including phenoxy) is 1. The Hall–Kier alpha value is -1.44. The minimum absolute atomic E-state index is 0.209. The first-order valence-electron chi connectivity index (χ1n) is 6.82. The largest absolute Gasteiger partial charge is 0.465 e. The van der Waals surface area contributed by atoms with E-state index in [4.69, 9.17) is 4.74 Å². The van der Waals surface area contributed by atoms with Crippen molar-refractivity contribution >= 4 is 16.2 Å². The Labute approximate surface area is 126 Å². The predicted molar refractivity (Wildman–Crippen MR) is 80.7 cm³/mol. The summed E-state index contributed by atoms with van der Waals surface area (Å²) in [4.78, 5) is 11.5. The molecule has 0 atom stereocenters. The van der Waals surface area contributed by atoms with Gasteiger partial charge in [-0.15, -0.1) is 0 Å². The first kappa shape index (κ1) is 17.6. The second-order valence-corrected chi connectivity index (χ2v) is 6.52. The zero-order valence-electron chi connectivity index (χ0n) is 12.7. The van der Waals surface area contributed by atoms with Gasteiger partial charge in [-0.05, 0) is 12.5 Å². The summed E-state index contributed by atoms with van der Waals surface area (Å²) in [5, 5.41) is 0. The summed E-state index contributed by atoms with van der Waals surface area (Å²) in [7, 11) is -2.20. The quantitative estimate of drug-likeness (QED) is 0.677. The van der Waals surface area contributed by atoms with E-state index in [-0.39, 0.29) is 26.2 Å². The van der Waals surface area contributed by atoms with Crippen LogP contribution in [0.2, 0.25) is 0 Å². The summed E-state index contributed by atoms with van der Waals surface area (Å²) < 4.78 is 32.0. The van der Waals surface area contributed by atoms with E-state index in [1.54, 1.807) is 13.8 Å². The summed E-state index contributed by atoms with van der Waals surface area (Å²) in [6.45, 7) is 3.79. The molecule has 21 heavy (non-hydrogen) atoms. The molecule has 6 nitrogen and oxygen atoms in total. The van der Waals surface area contributed by atoms with Gasteiger partial charge in [0.05, 0.1) is 6.61 Å². The molecule has 0 aliphatic carbocycles. The second kappa shape index (κ2) is 8.11. The fourth-order valence-electron chi connectivity index (χ4n) is 1.83. The van der Waals surface area contributed by atoms with Crippen LogP contribution in [0.1, 0.15) is 19.4 Å². The van der Waals surface area contributed by atoms with Gasteiger partial charge < -0.3 is 4.74 Å². The lowest BCUT2D eigenvalue weighted by Gasteiger charge is -2.25. The van der Waals surface area contributed by atoms with Gasteiger partial charge in [0.2, 0.25) is 0 Å². The first-order valence-corrected chi connectivity index (χ1v) is 8.22. The molecule has 0 radical (unpaired) electrons. The van der Waals surface area contributed by atoms with Crippen LogP contribution < -0.4 is 0 Å². The molecule has 7 heteroatoms. The van der Waals surface area contributed by atoms with Gasteiger partial charge >= 0.3 is 5.97 Å². The highest BCUT2D eigenvalue weighted by Crippen LogP contribution is 2.11. The lowest BCUT2D eigenvalue weighted by Crippen LogP contribution is -2.44. The fourth-order valence-corrected chi connectivity index (χ4v) is 3.13. The van der Waals surface area contributed by atoms with Gasteiger partial charge in [0.25, 0.3) is 10.2 Å². The van der Waals surface area contributed by atoms with Gasteiger partial charge in [-0.3, -0.25) is 4.79 Å². The van der Waals surface area contributed by atoms with E-state index >= 15 is 0 Å². The molecule has 1 aromatic rings. The van der Waals surface area contributed by atoms with Crippen molar-refractivity contribution in [2.75, 3.05) is 26.7 Å². The van der Waals surface area contributed by atoms with Crippen LogP contribution in [0.25, 0.3) is 0 Å². The van der Waals surface area contributed by atoms with Crippen molar-refractivity contribution in [1.29, 1.82) is 0 Å². The van der Waals surface area contributed by atoms with Crippen molar-refractivity contribution in [2.24, 2.45) is 0 Å². The van der Waals surface area contributed by atoms with Crippen molar-refractivity contribution in [3.8, 4) is 0 Å². The van der Waals surface area contributed by atoms with Crippen LogP contribution in [0.4, 0.5) is 0 Å². The van der Waals surface area contributed by atoms with Crippen LogP contribution >= 0.6 is 0 Å². The summed E-state index contributed by atoms with van der Waals surface area (Å²) in [6, 6.07) is 9.29. The Morgan fingerprint density at radius 3 is 2.33 bits per heavy atom. The second-order valence-electron chi connectivity index (χ2n) is 4.48. The summed E-state index contributed by atoms with van der Waals surface area (Å²) in [5.41, 5.74) is 0.885. The Morgan fingerprint density at radius 1 is 1.19 bits per heavy atom. The first-order chi connectivity index (χ1) is 9.91. The van der Waals surface area contributed by atoms with Crippen LogP contribution in [-0.2, 0) is 26.3 Å². The van der Waals surface area contributed by atoms with Gasteiger partial charge in [-0.1, -0.05) is 37.3 Å². The molecule has 0 fully saturated rings. The molecule has 0 heterocycles. The molecule has 0 bridgehead atoms. The SMILES string of the molecule is CCOC(=O)CN(CC)S(=O)(=O)N(C)Cc1ccccc1. The van der Waals surface area contributed by atoms with E-state index in [9.17, 15) is 13.2 Å². The lowest BCUT2D eigenvalue weighted by atomic mass is 10.2. The molecule has 1 rings (SSSR count). The summed E-state index contributed by atoms with van der Waals surface area (Å²) in [6.07, 6.45) is 0. The normalized spacial score (nSPS) is 11.9. The minimum Gasteiger partial charge on any atom is -0.465 e. The third-order valence-corrected chi connectivity index (χ3v) is 4.89. The van der Waals surface area contributed by atoms with Crippen molar-refractivity contribution in [3.05, 3.63) is 35.9 Å². The Balaban J connectivity index is 2.78. The molecule has 0 aliphatic heterocycles. The van der Waals surface area contributed by atoms with Gasteiger partial charge in [0.1, 0.15) is 6.54 Å².